The highest BCUT2D eigenvalue weighted by atomic mass is 79.9. The summed E-state index contributed by atoms with van der Waals surface area (Å²) in [4.78, 5) is 7.77. The van der Waals surface area contributed by atoms with Crippen LogP contribution in [0.5, 0.6) is 0 Å². The predicted octanol–water partition coefficient (Wildman–Crippen LogP) is 2.81. The fourth-order valence-corrected chi connectivity index (χ4v) is 1.31. The third-order valence-corrected chi connectivity index (χ3v) is 2.08. The summed E-state index contributed by atoms with van der Waals surface area (Å²) in [5.41, 5.74) is 1.49. The van der Waals surface area contributed by atoms with Crippen LogP contribution in [-0.4, -0.2) is 9.97 Å². The highest BCUT2D eigenvalue weighted by Crippen LogP contribution is 2.19. The average Bonchev–Trinajstić information content (AvgIpc) is 1.96. The molecule has 0 unspecified atom stereocenters. The van der Waals surface area contributed by atoms with Crippen LogP contribution in [0.25, 0.3) is 0 Å². The van der Waals surface area contributed by atoms with E-state index in [1.165, 1.54) is 0 Å². The molecule has 0 atom stereocenters. The molecule has 0 radical (unpaired) electrons. The Hall–Kier alpha value is -0.510. The van der Waals surface area contributed by atoms with Crippen molar-refractivity contribution in [1.82, 2.24) is 9.97 Å². The smallest absolute Gasteiger partial charge is 0.239 e. The Kier molecular flexibility index (Phi) is 2.77. The Bertz CT molecular complexity index is 299. The number of halogens is 2. The Morgan fingerprint density at radius 1 is 1.33 bits per heavy atom. The summed E-state index contributed by atoms with van der Waals surface area (Å²) in [6.45, 7) is 5.76. The molecule has 1 aromatic heterocycles. The van der Waals surface area contributed by atoms with Gasteiger partial charge in [0.05, 0.1) is 11.4 Å². The molecule has 0 aliphatic heterocycles. The lowest BCUT2D eigenvalue weighted by Crippen LogP contribution is -2.02. The minimum atomic E-state index is -0.545. The second kappa shape index (κ2) is 3.47. The van der Waals surface area contributed by atoms with Gasteiger partial charge in [-0.2, -0.15) is 4.39 Å². The number of hydrogen-bond donors (Lipinski definition) is 0. The fraction of sp³-hybridized carbons (Fsp3) is 0.500. The highest BCUT2D eigenvalue weighted by Gasteiger charge is 2.10. The van der Waals surface area contributed by atoms with Crippen LogP contribution in [0.4, 0.5) is 4.39 Å². The first-order valence-corrected chi connectivity index (χ1v) is 4.51. The predicted molar refractivity (Wildman–Crippen MR) is 48.5 cm³/mol. The summed E-state index contributed by atoms with van der Waals surface area (Å²) in [6, 6.07) is 0. The number of aromatic nitrogens is 2. The molecule has 12 heavy (non-hydrogen) atoms. The van der Waals surface area contributed by atoms with Crippen LogP contribution < -0.4 is 0 Å². The van der Waals surface area contributed by atoms with E-state index in [1.807, 2.05) is 13.8 Å². The van der Waals surface area contributed by atoms with Crippen LogP contribution in [0.1, 0.15) is 31.2 Å². The zero-order valence-corrected chi connectivity index (χ0v) is 8.81. The van der Waals surface area contributed by atoms with Crippen LogP contribution in [0.3, 0.4) is 0 Å². The maximum Gasteiger partial charge on any atom is 0.246 e. The highest BCUT2D eigenvalue weighted by molar-refractivity contribution is 9.10. The van der Waals surface area contributed by atoms with Gasteiger partial charge < -0.3 is 0 Å². The van der Waals surface area contributed by atoms with E-state index in [-0.39, 0.29) is 10.5 Å². The van der Waals surface area contributed by atoms with Gasteiger partial charge in [0.15, 0.2) is 4.60 Å². The van der Waals surface area contributed by atoms with Crippen molar-refractivity contribution in [2.45, 2.75) is 26.7 Å². The van der Waals surface area contributed by atoms with Crippen molar-refractivity contribution >= 4 is 15.9 Å². The Labute approximate surface area is 79.4 Å². The summed E-state index contributed by atoms with van der Waals surface area (Å²) >= 11 is 3.00. The van der Waals surface area contributed by atoms with Crippen LogP contribution in [0, 0.1) is 12.9 Å². The molecular formula is C8H10BrFN2. The molecule has 1 rings (SSSR count). The largest absolute Gasteiger partial charge is 0.246 e. The zero-order chi connectivity index (χ0) is 9.30. The van der Waals surface area contributed by atoms with Gasteiger partial charge in [0.25, 0.3) is 0 Å². The minimum Gasteiger partial charge on any atom is -0.239 e. The molecule has 1 heterocycles. The number of rotatable bonds is 1. The van der Waals surface area contributed by atoms with Crippen molar-refractivity contribution in [2.24, 2.45) is 0 Å². The van der Waals surface area contributed by atoms with E-state index >= 15 is 0 Å². The zero-order valence-electron chi connectivity index (χ0n) is 7.23. The minimum absolute atomic E-state index is 0.191. The first-order valence-electron chi connectivity index (χ1n) is 3.72. The summed E-state index contributed by atoms with van der Waals surface area (Å²) in [7, 11) is 0. The molecule has 0 saturated carbocycles. The molecule has 66 valence electrons. The quantitative estimate of drug-likeness (QED) is 0.745. The fourth-order valence-electron chi connectivity index (χ4n) is 1.03. The number of hydrogen-bond acceptors (Lipinski definition) is 2. The molecule has 2 nitrogen and oxygen atoms in total. The van der Waals surface area contributed by atoms with E-state index in [9.17, 15) is 4.39 Å². The molecule has 0 bridgehead atoms. The van der Waals surface area contributed by atoms with Crippen LogP contribution in [0.15, 0.2) is 4.60 Å². The van der Waals surface area contributed by atoms with Crippen molar-refractivity contribution in [3.63, 3.8) is 0 Å². The molecule has 0 aromatic carbocycles. The first kappa shape index (κ1) is 9.58. The van der Waals surface area contributed by atoms with Crippen LogP contribution in [0.2, 0.25) is 0 Å². The summed E-state index contributed by atoms with van der Waals surface area (Å²) in [5.74, 6) is -0.272. The van der Waals surface area contributed by atoms with E-state index < -0.39 is 5.95 Å². The summed E-state index contributed by atoms with van der Waals surface area (Å²) in [6.07, 6.45) is 0. The summed E-state index contributed by atoms with van der Waals surface area (Å²) in [5, 5.41) is 0. The monoisotopic (exact) mass is 232 g/mol. The molecule has 0 N–H and O–H groups in total. The SMILES string of the molecule is Cc1nc(F)c(Br)nc1C(C)C. The topological polar surface area (TPSA) is 25.8 Å². The molecule has 4 heteroatoms. The van der Waals surface area contributed by atoms with E-state index in [0.717, 1.165) is 5.69 Å². The van der Waals surface area contributed by atoms with Gasteiger partial charge in [-0.15, -0.1) is 0 Å². The number of nitrogens with zero attached hydrogens (tertiary/aromatic N) is 2. The Morgan fingerprint density at radius 2 is 1.92 bits per heavy atom. The molecule has 0 amide bonds. The van der Waals surface area contributed by atoms with Gasteiger partial charge in [-0.1, -0.05) is 13.8 Å². The lowest BCUT2D eigenvalue weighted by atomic mass is 10.1. The van der Waals surface area contributed by atoms with E-state index in [4.69, 9.17) is 0 Å². The van der Waals surface area contributed by atoms with E-state index in [1.54, 1.807) is 6.92 Å². The molecule has 0 saturated heterocycles. The molecule has 0 aliphatic carbocycles. The normalized spacial score (nSPS) is 10.8. The van der Waals surface area contributed by atoms with Gasteiger partial charge in [-0.05, 0) is 28.8 Å². The molecule has 1 aromatic rings. The standard InChI is InChI=1S/C8H10BrFN2/c1-4(2)6-5(3)11-8(10)7(9)12-6/h4H,1-3H3. The molecular weight excluding hydrogens is 223 g/mol. The average molecular weight is 233 g/mol. The lowest BCUT2D eigenvalue weighted by molar-refractivity contribution is 0.556. The van der Waals surface area contributed by atoms with Crippen LogP contribution in [-0.2, 0) is 0 Å². The van der Waals surface area contributed by atoms with Crippen molar-refractivity contribution in [2.75, 3.05) is 0 Å². The van der Waals surface area contributed by atoms with Gasteiger partial charge in [0.2, 0.25) is 5.95 Å². The second-order valence-electron chi connectivity index (χ2n) is 2.93. The van der Waals surface area contributed by atoms with Gasteiger partial charge >= 0.3 is 0 Å². The lowest BCUT2D eigenvalue weighted by Gasteiger charge is -2.07. The first-order chi connectivity index (χ1) is 5.52. The number of aryl methyl sites for hydroxylation is 1. The van der Waals surface area contributed by atoms with Crippen molar-refractivity contribution < 1.29 is 4.39 Å². The Balaban J connectivity index is 3.23. The van der Waals surface area contributed by atoms with Crippen molar-refractivity contribution in [3.05, 3.63) is 21.9 Å². The second-order valence-corrected chi connectivity index (χ2v) is 3.68. The van der Waals surface area contributed by atoms with Crippen LogP contribution >= 0.6 is 15.9 Å². The maximum absolute atomic E-state index is 12.8. The Morgan fingerprint density at radius 3 is 2.42 bits per heavy atom. The van der Waals surface area contributed by atoms with Crippen molar-refractivity contribution in [3.8, 4) is 0 Å². The molecule has 0 aliphatic rings. The van der Waals surface area contributed by atoms with Gasteiger partial charge in [-0.3, -0.25) is 0 Å². The molecule has 0 fully saturated rings. The third-order valence-electron chi connectivity index (χ3n) is 1.57. The maximum atomic E-state index is 12.8. The third kappa shape index (κ3) is 1.80. The van der Waals surface area contributed by atoms with Gasteiger partial charge in [-0.25, -0.2) is 9.97 Å². The molecule has 0 spiro atoms. The van der Waals surface area contributed by atoms with E-state index in [2.05, 4.69) is 25.9 Å². The van der Waals surface area contributed by atoms with Gasteiger partial charge in [0.1, 0.15) is 0 Å². The van der Waals surface area contributed by atoms with Gasteiger partial charge in [0, 0.05) is 0 Å². The summed E-state index contributed by atoms with van der Waals surface area (Å²) < 4.78 is 13.0. The van der Waals surface area contributed by atoms with E-state index in [0.29, 0.717) is 5.69 Å². The van der Waals surface area contributed by atoms with Crippen molar-refractivity contribution in [1.29, 1.82) is 0 Å².